The number of tetrazole rings is 1. The molecule has 0 amide bonds. The zero-order valence-electron chi connectivity index (χ0n) is 6.92. The highest BCUT2D eigenvalue weighted by Crippen LogP contribution is 1.93. The van der Waals surface area contributed by atoms with Crippen molar-refractivity contribution >= 4 is 0 Å². The lowest BCUT2D eigenvalue weighted by molar-refractivity contribution is -0.670. The van der Waals surface area contributed by atoms with E-state index in [0.717, 1.165) is 0 Å². The maximum atomic E-state index is 4.04. The van der Waals surface area contributed by atoms with Crippen molar-refractivity contribution in [3.8, 4) is 5.95 Å². The Kier molecular flexibility index (Phi) is 1.39. The first kappa shape index (κ1) is 6.96. The van der Waals surface area contributed by atoms with Gasteiger partial charge in [-0.15, -0.1) is 0 Å². The highest BCUT2D eigenvalue weighted by atomic mass is 15.6. The van der Waals surface area contributed by atoms with Gasteiger partial charge in [-0.3, -0.25) is 0 Å². The van der Waals surface area contributed by atoms with Crippen LogP contribution in [-0.2, 0) is 14.1 Å². The molecule has 0 aliphatic heterocycles. The fraction of sp³-hybridized carbons (Fsp3) is 0.333. The van der Waals surface area contributed by atoms with Gasteiger partial charge in [0.1, 0.15) is 12.4 Å². The second-order valence-electron chi connectivity index (χ2n) is 2.57. The molecule has 0 radical (unpaired) electrons. The first-order valence-corrected chi connectivity index (χ1v) is 3.53. The van der Waals surface area contributed by atoms with E-state index < -0.39 is 0 Å². The predicted molar refractivity (Wildman–Crippen MR) is 39.3 cm³/mol. The Balaban J connectivity index is 2.43. The highest BCUT2D eigenvalue weighted by Gasteiger charge is 2.08. The molecule has 6 nitrogen and oxygen atoms in total. The Morgan fingerprint density at radius 3 is 2.83 bits per heavy atom. The largest absolute Gasteiger partial charge is 0.364 e. The van der Waals surface area contributed by atoms with E-state index >= 15 is 0 Å². The minimum Gasteiger partial charge on any atom is -0.239 e. The summed E-state index contributed by atoms with van der Waals surface area (Å²) in [6.07, 6.45) is 5.66. The van der Waals surface area contributed by atoms with Gasteiger partial charge in [-0.2, -0.15) is 9.36 Å². The minimum atomic E-state index is 0.582. The topological polar surface area (TPSA) is 52.4 Å². The van der Waals surface area contributed by atoms with Crippen LogP contribution in [0.25, 0.3) is 5.95 Å². The first-order valence-electron chi connectivity index (χ1n) is 3.53. The number of aryl methyl sites for hydroxylation is 2. The van der Waals surface area contributed by atoms with Crippen molar-refractivity contribution in [2.75, 3.05) is 0 Å². The van der Waals surface area contributed by atoms with Gasteiger partial charge in [0.15, 0.2) is 0 Å². The second-order valence-corrected chi connectivity index (χ2v) is 2.57. The number of hydrogen-bond acceptors (Lipinski definition) is 3. The molecule has 0 bridgehead atoms. The fourth-order valence-corrected chi connectivity index (χ4v) is 0.946. The van der Waals surface area contributed by atoms with E-state index in [4.69, 9.17) is 0 Å². The second kappa shape index (κ2) is 2.40. The summed E-state index contributed by atoms with van der Waals surface area (Å²) in [7, 11) is 3.67. The molecule has 0 atom stereocenters. The molecule has 2 heterocycles. The van der Waals surface area contributed by atoms with Gasteiger partial charge in [0, 0.05) is 0 Å². The zero-order valence-corrected chi connectivity index (χ0v) is 6.92. The third-order valence-corrected chi connectivity index (χ3v) is 1.50. The molecule has 62 valence electrons. The number of aromatic nitrogens is 6. The van der Waals surface area contributed by atoms with Crippen molar-refractivity contribution in [2.24, 2.45) is 14.1 Å². The van der Waals surface area contributed by atoms with Gasteiger partial charge in [0.2, 0.25) is 0 Å². The monoisotopic (exact) mass is 165 g/mol. The maximum absolute atomic E-state index is 4.04. The Morgan fingerprint density at radius 2 is 2.33 bits per heavy atom. The normalized spacial score (nSPS) is 10.5. The van der Waals surface area contributed by atoms with Gasteiger partial charge in [0.25, 0.3) is 6.33 Å². The van der Waals surface area contributed by atoms with E-state index in [9.17, 15) is 0 Å². The molecule has 6 heteroatoms. The van der Waals surface area contributed by atoms with Crippen LogP contribution >= 0.6 is 0 Å². The van der Waals surface area contributed by atoms with Crippen molar-refractivity contribution in [1.29, 1.82) is 0 Å². The Hall–Kier alpha value is -1.72. The molecule has 2 aromatic rings. The molecule has 0 fully saturated rings. The van der Waals surface area contributed by atoms with Gasteiger partial charge in [-0.05, 0) is 5.21 Å². The molecular formula is C6H9N6+. The molecule has 0 aromatic carbocycles. The Morgan fingerprint density at radius 1 is 1.50 bits per heavy atom. The average Bonchev–Trinajstić information content (AvgIpc) is 2.58. The fourth-order valence-electron chi connectivity index (χ4n) is 0.946. The van der Waals surface area contributed by atoms with E-state index in [2.05, 4.69) is 15.4 Å². The van der Waals surface area contributed by atoms with Crippen molar-refractivity contribution in [3.05, 3.63) is 18.7 Å². The van der Waals surface area contributed by atoms with Gasteiger partial charge in [-0.1, -0.05) is 10.2 Å². The summed E-state index contributed by atoms with van der Waals surface area (Å²) in [6, 6.07) is 0. The van der Waals surface area contributed by atoms with E-state index in [1.165, 1.54) is 4.80 Å². The summed E-state index contributed by atoms with van der Waals surface area (Å²) in [5.74, 6) is 0.582. The molecule has 0 aliphatic carbocycles. The van der Waals surface area contributed by atoms with E-state index in [-0.39, 0.29) is 0 Å². The summed E-state index contributed by atoms with van der Waals surface area (Å²) in [5.41, 5.74) is 0. The van der Waals surface area contributed by atoms with Crippen molar-refractivity contribution in [2.45, 2.75) is 0 Å². The van der Waals surface area contributed by atoms with Crippen LogP contribution in [0.15, 0.2) is 18.7 Å². The SMILES string of the molecule is Cn1nnc(-n2cc[n+](C)c2)n1. The number of hydrogen-bond donors (Lipinski definition) is 0. The molecule has 0 spiro atoms. The number of nitrogens with zero attached hydrogens (tertiary/aromatic N) is 6. The van der Waals surface area contributed by atoms with Crippen LogP contribution in [0.2, 0.25) is 0 Å². The molecule has 0 aliphatic rings. The third-order valence-electron chi connectivity index (χ3n) is 1.50. The van der Waals surface area contributed by atoms with E-state index in [1.807, 2.05) is 30.3 Å². The zero-order chi connectivity index (χ0) is 8.55. The van der Waals surface area contributed by atoms with Crippen molar-refractivity contribution in [1.82, 2.24) is 24.8 Å². The Bertz CT molecular complexity index is 348. The van der Waals surface area contributed by atoms with E-state index in [1.54, 1.807) is 11.6 Å². The van der Waals surface area contributed by atoms with Gasteiger partial charge in [0.05, 0.1) is 14.1 Å². The number of imidazole rings is 1. The van der Waals surface area contributed by atoms with Gasteiger partial charge in [-0.25, -0.2) is 4.57 Å². The molecular weight excluding hydrogens is 156 g/mol. The highest BCUT2D eigenvalue weighted by molar-refractivity contribution is 5.02. The van der Waals surface area contributed by atoms with E-state index in [0.29, 0.717) is 5.95 Å². The van der Waals surface area contributed by atoms with Crippen LogP contribution in [0.3, 0.4) is 0 Å². The molecule has 0 saturated heterocycles. The van der Waals surface area contributed by atoms with Crippen LogP contribution in [-0.4, -0.2) is 24.8 Å². The predicted octanol–water partition coefficient (Wildman–Crippen LogP) is -1.17. The van der Waals surface area contributed by atoms with Gasteiger partial charge >= 0.3 is 5.95 Å². The molecule has 2 aromatic heterocycles. The summed E-state index contributed by atoms with van der Waals surface area (Å²) in [4.78, 5) is 1.43. The van der Waals surface area contributed by atoms with Gasteiger partial charge < -0.3 is 0 Å². The quantitative estimate of drug-likeness (QED) is 0.500. The lowest BCUT2D eigenvalue weighted by atomic mass is 10.8. The van der Waals surface area contributed by atoms with Crippen LogP contribution in [0.5, 0.6) is 0 Å². The molecule has 12 heavy (non-hydrogen) atoms. The van der Waals surface area contributed by atoms with Crippen molar-refractivity contribution in [3.63, 3.8) is 0 Å². The Labute approximate surface area is 69.1 Å². The molecule has 0 saturated carbocycles. The van der Waals surface area contributed by atoms with Crippen LogP contribution < -0.4 is 4.57 Å². The van der Waals surface area contributed by atoms with Crippen LogP contribution in [0, 0.1) is 0 Å². The number of rotatable bonds is 1. The lowest BCUT2D eigenvalue weighted by Gasteiger charge is -1.81. The molecule has 0 N–H and O–H groups in total. The molecule has 2 rings (SSSR count). The minimum absolute atomic E-state index is 0.582. The smallest absolute Gasteiger partial charge is 0.239 e. The van der Waals surface area contributed by atoms with Crippen molar-refractivity contribution < 1.29 is 4.57 Å². The van der Waals surface area contributed by atoms with Crippen LogP contribution in [0.1, 0.15) is 0 Å². The third kappa shape index (κ3) is 1.07. The standard InChI is InChI=1S/C6H9N6/c1-10-3-4-12(5-10)6-7-9-11(2)8-6/h3-5H,1-2H3/q+1. The maximum Gasteiger partial charge on any atom is 0.364 e. The van der Waals surface area contributed by atoms with Crippen LogP contribution in [0.4, 0.5) is 0 Å². The lowest BCUT2D eigenvalue weighted by Crippen LogP contribution is -2.23. The summed E-state index contributed by atoms with van der Waals surface area (Å²) < 4.78 is 3.71. The average molecular weight is 165 g/mol. The molecule has 0 unspecified atom stereocenters. The summed E-state index contributed by atoms with van der Waals surface area (Å²) in [6.45, 7) is 0. The summed E-state index contributed by atoms with van der Waals surface area (Å²) in [5, 5.41) is 11.6. The first-order chi connectivity index (χ1) is 5.75. The summed E-state index contributed by atoms with van der Waals surface area (Å²) >= 11 is 0.